The van der Waals surface area contributed by atoms with Gasteiger partial charge in [0.15, 0.2) is 0 Å². The molecule has 1 aliphatic carbocycles. The number of hydrogen-bond donors (Lipinski definition) is 0. The van der Waals surface area contributed by atoms with E-state index in [0.29, 0.717) is 0 Å². The number of hydrogen-bond acceptors (Lipinski definition) is 0. The first kappa shape index (κ1) is 47.8. The van der Waals surface area contributed by atoms with Gasteiger partial charge in [-0.15, -0.1) is 87.8 Å². The monoisotopic (exact) mass is 824 g/mol. The van der Waals surface area contributed by atoms with Gasteiger partial charge in [0.25, 0.3) is 0 Å². The first-order valence-electron chi connectivity index (χ1n) is 17.7. The molecule has 0 unspecified atom stereocenters. The molecular formula is C48H60Cl2SiZr-4. The van der Waals surface area contributed by atoms with Gasteiger partial charge in [-0.2, -0.15) is 12.1 Å². The van der Waals surface area contributed by atoms with E-state index in [0.717, 1.165) is 5.92 Å². The molecule has 0 spiro atoms. The van der Waals surface area contributed by atoms with Gasteiger partial charge in [-0.1, -0.05) is 145 Å². The van der Waals surface area contributed by atoms with E-state index < -0.39 is 0 Å². The van der Waals surface area contributed by atoms with Crippen LogP contribution in [0.3, 0.4) is 0 Å². The Balaban J connectivity index is 0.000000468. The fraction of sp³-hybridized carbons (Fsp3) is 0.333. The molecule has 1 aliphatic rings. The Bertz CT molecular complexity index is 1960. The van der Waals surface area contributed by atoms with E-state index in [1.54, 1.807) is 5.56 Å². The molecule has 6 aromatic rings. The Hall–Kier alpha value is -2.22. The summed E-state index contributed by atoms with van der Waals surface area (Å²) in [6, 6.07) is 39.0. The first-order valence-corrected chi connectivity index (χ1v) is 21.9. The number of halogens is 2. The van der Waals surface area contributed by atoms with E-state index >= 15 is 0 Å². The van der Waals surface area contributed by atoms with Crippen molar-refractivity contribution in [2.75, 3.05) is 0 Å². The van der Waals surface area contributed by atoms with Crippen molar-refractivity contribution in [2.24, 2.45) is 0 Å². The molecule has 0 atom stereocenters. The zero-order valence-electron chi connectivity index (χ0n) is 33.2. The van der Waals surface area contributed by atoms with Gasteiger partial charge in [-0.25, -0.2) is 0 Å². The Morgan fingerprint density at radius 1 is 0.577 bits per heavy atom. The van der Waals surface area contributed by atoms with E-state index in [1.165, 1.54) is 121 Å². The van der Waals surface area contributed by atoms with Crippen molar-refractivity contribution >= 4 is 53.2 Å². The maximum absolute atomic E-state index is 3.06. The van der Waals surface area contributed by atoms with Crippen LogP contribution in [0, 0.1) is 28.7 Å². The minimum absolute atomic E-state index is 0. The molecule has 278 valence electrons. The van der Waals surface area contributed by atoms with Crippen LogP contribution in [0.5, 0.6) is 0 Å². The molecule has 4 heteroatoms. The van der Waals surface area contributed by atoms with E-state index in [-0.39, 0.29) is 50.5 Å². The van der Waals surface area contributed by atoms with Crippen molar-refractivity contribution < 1.29 is 23.3 Å². The van der Waals surface area contributed by atoms with E-state index in [9.17, 15) is 0 Å². The van der Waals surface area contributed by atoms with Gasteiger partial charge in [-0.05, 0) is 58.8 Å². The van der Waals surface area contributed by atoms with Crippen LogP contribution in [0.15, 0.2) is 103 Å². The van der Waals surface area contributed by atoms with Crippen molar-refractivity contribution in [3.8, 4) is 22.3 Å². The Morgan fingerprint density at radius 3 is 1.60 bits per heavy atom. The third-order valence-corrected chi connectivity index (χ3v) is 10.1. The van der Waals surface area contributed by atoms with Gasteiger partial charge in [0.1, 0.15) is 0 Å². The molecule has 52 heavy (non-hydrogen) atoms. The minimum atomic E-state index is 0. The van der Waals surface area contributed by atoms with Gasteiger partial charge in [0, 0.05) is 0 Å². The molecule has 7 rings (SSSR count). The van der Waals surface area contributed by atoms with Crippen molar-refractivity contribution in [3.63, 3.8) is 0 Å². The fourth-order valence-corrected chi connectivity index (χ4v) is 7.34. The molecule has 1 saturated carbocycles. The summed E-state index contributed by atoms with van der Waals surface area (Å²) in [4.78, 5) is 0. The van der Waals surface area contributed by atoms with Crippen LogP contribution in [0.2, 0.25) is 0 Å². The molecule has 0 amide bonds. The van der Waals surface area contributed by atoms with Crippen LogP contribution < -0.4 is 0 Å². The molecule has 0 aliphatic heterocycles. The van der Waals surface area contributed by atoms with E-state index in [2.05, 4.69) is 165 Å². The number of rotatable bonds is 3. The number of benzene rings is 4. The average molecular weight is 827 g/mol. The van der Waals surface area contributed by atoms with Crippen LogP contribution >= 0.6 is 24.8 Å². The average Bonchev–Trinajstić information content (AvgIpc) is 3.68. The second-order valence-electron chi connectivity index (χ2n) is 15.9. The summed E-state index contributed by atoms with van der Waals surface area (Å²) in [5.74, 6) is 0.775. The predicted molar refractivity (Wildman–Crippen MR) is 236 cm³/mol. The predicted octanol–water partition coefficient (Wildman–Crippen LogP) is 15.1. The van der Waals surface area contributed by atoms with Gasteiger partial charge in [-0.3, -0.25) is 0 Å². The van der Waals surface area contributed by atoms with Crippen LogP contribution in [0.1, 0.15) is 107 Å². The van der Waals surface area contributed by atoms with Crippen molar-refractivity contribution in [3.05, 3.63) is 146 Å². The van der Waals surface area contributed by atoms with E-state index in [1.807, 2.05) is 0 Å². The van der Waals surface area contributed by atoms with Crippen LogP contribution in [-0.4, -0.2) is 6.88 Å². The van der Waals surface area contributed by atoms with Gasteiger partial charge in [0.05, 0.1) is 0 Å². The molecule has 0 aromatic heterocycles. The number of aryl methyl sites for hydroxylation is 2. The Morgan fingerprint density at radius 2 is 1.08 bits per heavy atom. The Kier molecular flexibility index (Phi) is 18.8. The first-order chi connectivity index (χ1) is 22.9. The van der Waals surface area contributed by atoms with Crippen molar-refractivity contribution in [1.82, 2.24) is 0 Å². The van der Waals surface area contributed by atoms with Gasteiger partial charge >= 0.3 is 30.2 Å². The van der Waals surface area contributed by atoms with Crippen LogP contribution in [0.4, 0.5) is 0 Å². The standard InChI is InChI=1S/C25H29.C21H23.2CH3.2ClH.Si.Zr/c1-25(2,3)22-14-12-19(13-15-22)23-11-7-10-20-16-21(17-24(20)23)18-8-5-4-6-9-18;1-14-10-17-11-15(2)13-20(17)19(12-14)16-6-8-18(9-7-16)21(3,4)5;;;;;;/h7,10-18H,4-6,8-9H2,1-3H3;6-13H,1-5H3;2*1H3;2*1H;;/q4*-1;;;;. The molecule has 2 radical (unpaired) electrons. The topological polar surface area (TPSA) is 0 Å². The van der Waals surface area contributed by atoms with Crippen molar-refractivity contribution in [1.29, 1.82) is 0 Å². The SMILES string of the molecule is CC(C)(C)c1ccc(-c2cccc3[cH-]c(C4CCCCC4)cc23)cc1.Cc1cc(-c2ccc(C(C)(C)C)cc2)c2cc(C)[cH-]c2c1.Cl.Cl.[CH3-].[CH3-].[Si]=[Zr]. The molecule has 0 nitrogen and oxygen atoms in total. The summed E-state index contributed by atoms with van der Waals surface area (Å²) in [5.41, 5.74) is 12.8. The molecule has 0 bridgehead atoms. The summed E-state index contributed by atoms with van der Waals surface area (Å²) in [6.45, 7) is 21.0. The Labute approximate surface area is 346 Å². The van der Waals surface area contributed by atoms with Crippen LogP contribution in [0.25, 0.3) is 43.8 Å². The zero-order valence-corrected chi connectivity index (χ0v) is 38.3. The molecule has 0 saturated heterocycles. The summed E-state index contributed by atoms with van der Waals surface area (Å²) < 4.78 is 0. The zero-order chi connectivity index (χ0) is 34.6. The van der Waals surface area contributed by atoms with Crippen molar-refractivity contribution in [2.45, 2.75) is 104 Å². The fourth-order valence-electron chi connectivity index (χ4n) is 7.34. The van der Waals surface area contributed by atoms with Gasteiger partial charge in [0.2, 0.25) is 0 Å². The third kappa shape index (κ3) is 11.4. The maximum atomic E-state index is 3.06. The van der Waals surface area contributed by atoms with E-state index in [4.69, 9.17) is 0 Å². The molecular weight excluding hydrogens is 767 g/mol. The molecule has 0 N–H and O–H groups in total. The summed E-state index contributed by atoms with van der Waals surface area (Å²) >= 11 is 1.36. The van der Waals surface area contributed by atoms with Crippen LogP contribution in [-0.2, 0) is 34.2 Å². The number of fused-ring (bicyclic) bond motifs is 2. The second kappa shape index (κ2) is 20.5. The summed E-state index contributed by atoms with van der Waals surface area (Å²) in [7, 11) is 0. The summed E-state index contributed by atoms with van der Waals surface area (Å²) in [6.07, 6.45) is 6.95. The second-order valence-corrected chi connectivity index (χ2v) is 15.9. The van der Waals surface area contributed by atoms with Gasteiger partial charge < -0.3 is 14.9 Å². The molecule has 1 fully saturated rings. The molecule has 6 aromatic carbocycles. The summed E-state index contributed by atoms with van der Waals surface area (Å²) in [5, 5.41) is 5.54. The quantitative estimate of drug-likeness (QED) is 0.123. The normalized spacial score (nSPS) is 12.8. The molecule has 0 heterocycles. The third-order valence-electron chi connectivity index (χ3n) is 10.1.